The third-order valence-electron chi connectivity index (χ3n) is 4.27. The van der Waals surface area contributed by atoms with E-state index in [1.165, 1.54) is 0 Å². The van der Waals surface area contributed by atoms with Crippen molar-refractivity contribution in [2.45, 2.75) is 31.5 Å². The van der Waals surface area contributed by atoms with Gasteiger partial charge in [0.15, 0.2) is 0 Å². The lowest BCUT2D eigenvalue weighted by molar-refractivity contribution is 0.00702. The Balaban J connectivity index is 1.68. The van der Waals surface area contributed by atoms with Gasteiger partial charge in [0.25, 0.3) is 5.91 Å². The van der Waals surface area contributed by atoms with Crippen LogP contribution in [0.1, 0.15) is 28.9 Å². The summed E-state index contributed by atoms with van der Waals surface area (Å²) >= 11 is 0. The fourth-order valence-corrected chi connectivity index (χ4v) is 3.03. The standard InChI is InChI=1S/C15H20N2O3/c1-11-3-4-12(8-16-11)14(18)17-6-5-15(10-17)7-13(19-2)9-20-15/h3-4,8,13H,5-7,9-10H2,1-2H3/t13-,15+/m1/s1. The van der Waals surface area contributed by atoms with E-state index in [1.54, 1.807) is 13.3 Å². The molecule has 0 unspecified atom stereocenters. The summed E-state index contributed by atoms with van der Waals surface area (Å²) in [7, 11) is 1.71. The van der Waals surface area contributed by atoms with Crippen LogP contribution in [0.4, 0.5) is 0 Å². The number of aryl methyl sites for hydroxylation is 1. The normalized spacial score (nSPS) is 29.3. The summed E-state index contributed by atoms with van der Waals surface area (Å²) in [5.74, 6) is 0.0406. The van der Waals surface area contributed by atoms with Crippen molar-refractivity contribution in [3.63, 3.8) is 0 Å². The predicted molar refractivity (Wildman–Crippen MR) is 73.6 cm³/mol. The van der Waals surface area contributed by atoms with E-state index in [9.17, 15) is 4.79 Å². The number of carbonyl (C=O) groups excluding carboxylic acids is 1. The van der Waals surface area contributed by atoms with Gasteiger partial charge in [-0.25, -0.2) is 0 Å². The molecule has 1 spiro atoms. The number of methoxy groups -OCH3 is 1. The van der Waals surface area contributed by atoms with Crippen molar-refractivity contribution in [1.82, 2.24) is 9.88 Å². The van der Waals surface area contributed by atoms with Crippen molar-refractivity contribution < 1.29 is 14.3 Å². The second-order valence-corrected chi connectivity index (χ2v) is 5.72. The first-order valence-electron chi connectivity index (χ1n) is 7.01. The minimum atomic E-state index is -0.200. The maximum Gasteiger partial charge on any atom is 0.255 e. The topological polar surface area (TPSA) is 51.7 Å². The number of ether oxygens (including phenoxy) is 2. The molecule has 0 aromatic carbocycles. The summed E-state index contributed by atoms with van der Waals surface area (Å²) in [5, 5.41) is 0. The third kappa shape index (κ3) is 2.43. The predicted octanol–water partition coefficient (Wildman–Crippen LogP) is 1.41. The zero-order valence-electron chi connectivity index (χ0n) is 12.0. The first-order valence-corrected chi connectivity index (χ1v) is 7.01. The van der Waals surface area contributed by atoms with E-state index in [2.05, 4.69) is 4.98 Å². The Bertz CT molecular complexity index is 502. The molecule has 5 heteroatoms. The van der Waals surface area contributed by atoms with Crippen LogP contribution in [-0.4, -0.2) is 54.3 Å². The molecule has 0 N–H and O–H groups in total. The van der Waals surface area contributed by atoms with Crippen LogP contribution in [0.15, 0.2) is 18.3 Å². The number of hydrogen-bond donors (Lipinski definition) is 0. The highest BCUT2D eigenvalue weighted by Gasteiger charge is 2.46. The molecular formula is C15H20N2O3. The molecule has 0 saturated carbocycles. The van der Waals surface area contributed by atoms with Gasteiger partial charge in [0.2, 0.25) is 0 Å². The highest BCUT2D eigenvalue weighted by atomic mass is 16.6. The van der Waals surface area contributed by atoms with Crippen LogP contribution in [0, 0.1) is 6.92 Å². The SMILES string of the molecule is CO[C@H]1CO[C@@]2(CCN(C(=O)c3ccc(C)nc3)C2)C1. The van der Waals surface area contributed by atoms with Crippen molar-refractivity contribution in [3.8, 4) is 0 Å². The molecule has 0 radical (unpaired) electrons. The van der Waals surface area contributed by atoms with Crippen molar-refractivity contribution in [2.24, 2.45) is 0 Å². The molecular weight excluding hydrogens is 256 g/mol. The van der Waals surface area contributed by atoms with Gasteiger partial charge in [-0.3, -0.25) is 9.78 Å². The molecule has 1 aromatic rings. The Labute approximate surface area is 118 Å². The number of rotatable bonds is 2. The van der Waals surface area contributed by atoms with Gasteiger partial charge in [-0.05, 0) is 25.5 Å². The second-order valence-electron chi connectivity index (χ2n) is 5.72. The van der Waals surface area contributed by atoms with Crippen molar-refractivity contribution in [2.75, 3.05) is 26.8 Å². The third-order valence-corrected chi connectivity index (χ3v) is 4.27. The lowest BCUT2D eigenvalue weighted by atomic mass is 9.98. The number of nitrogens with zero attached hydrogens (tertiary/aromatic N) is 2. The Morgan fingerprint density at radius 2 is 2.40 bits per heavy atom. The molecule has 0 aliphatic carbocycles. The van der Waals surface area contributed by atoms with Crippen LogP contribution in [0.25, 0.3) is 0 Å². The smallest absolute Gasteiger partial charge is 0.255 e. The van der Waals surface area contributed by atoms with Crippen LogP contribution < -0.4 is 0 Å². The first-order chi connectivity index (χ1) is 9.62. The van der Waals surface area contributed by atoms with Crippen molar-refractivity contribution in [1.29, 1.82) is 0 Å². The quantitative estimate of drug-likeness (QED) is 0.819. The number of carbonyl (C=O) groups is 1. The first kappa shape index (κ1) is 13.5. The van der Waals surface area contributed by atoms with E-state index < -0.39 is 0 Å². The van der Waals surface area contributed by atoms with Gasteiger partial charge in [-0.1, -0.05) is 0 Å². The van der Waals surface area contributed by atoms with Crippen molar-refractivity contribution >= 4 is 5.91 Å². The van der Waals surface area contributed by atoms with Gasteiger partial charge in [0.1, 0.15) is 0 Å². The van der Waals surface area contributed by atoms with Gasteiger partial charge >= 0.3 is 0 Å². The summed E-state index contributed by atoms with van der Waals surface area (Å²) in [5.41, 5.74) is 1.37. The van der Waals surface area contributed by atoms with Crippen molar-refractivity contribution in [3.05, 3.63) is 29.6 Å². The molecule has 3 rings (SSSR count). The molecule has 2 atom stereocenters. The van der Waals surface area contributed by atoms with E-state index >= 15 is 0 Å². The highest BCUT2D eigenvalue weighted by molar-refractivity contribution is 5.94. The van der Waals surface area contributed by atoms with Crippen LogP contribution in [0.5, 0.6) is 0 Å². The fourth-order valence-electron chi connectivity index (χ4n) is 3.03. The highest BCUT2D eigenvalue weighted by Crippen LogP contribution is 2.36. The maximum absolute atomic E-state index is 12.4. The molecule has 1 aromatic heterocycles. The lowest BCUT2D eigenvalue weighted by Crippen LogP contribution is -2.36. The average Bonchev–Trinajstić information content (AvgIpc) is 3.07. The van der Waals surface area contributed by atoms with E-state index in [0.717, 1.165) is 25.1 Å². The number of pyridine rings is 1. The molecule has 2 aliphatic rings. The zero-order chi connectivity index (χ0) is 14.2. The van der Waals surface area contributed by atoms with E-state index in [0.29, 0.717) is 18.7 Å². The van der Waals surface area contributed by atoms with Gasteiger partial charge in [0.05, 0.1) is 30.4 Å². The number of likely N-dealkylation sites (tertiary alicyclic amines) is 1. The van der Waals surface area contributed by atoms with Gasteiger partial charge < -0.3 is 14.4 Å². The zero-order valence-corrected chi connectivity index (χ0v) is 12.0. The van der Waals surface area contributed by atoms with Crippen LogP contribution in [-0.2, 0) is 9.47 Å². The Morgan fingerprint density at radius 3 is 3.05 bits per heavy atom. The largest absolute Gasteiger partial charge is 0.379 e. The lowest BCUT2D eigenvalue weighted by Gasteiger charge is -2.23. The van der Waals surface area contributed by atoms with Crippen LogP contribution in [0.3, 0.4) is 0 Å². The molecule has 0 bridgehead atoms. The van der Waals surface area contributed by atoms with Gasteiger partial charge in [-0.15, -0.1) is 0 Å². The molecule has 108 valence electrons. The summed E-state index contributed by atoms with van der Waals surface area (Å²) in [6.07, 6.45) is 3.57. The molecule has 1 amide bonds. The van der Waals surface area contributed by atoms with E-state index in [1.807, 2.05) is 24.0 Å². The molecule has 2 saturated heterocycles. The summed E-state index contributed by atoms with van der Waals surface area (Å²) in [6, 6.07) is 3.70. The van der Waals surface area contributed by atoms with Gasteiger partial charge in [0, 0.05) is 32.0 Å². The Kier molecular flexibility index (Phi) is 3.48. The fraction of sp³-hybridized carbons (Fsp3) is 0.600. The van der Waals surface area contributed by atoms with Gasteiger partial charge in [-0.2, -0.15) is 0 Å². The summed E-state index contributed by atoms with van der Waals surface area (Å²) in [6.45, 7) is 3.93. The molecule has 2 aliphatic heterocycles. The molecule has 5 nitrogen and oxygen atoms in total. The number of hydrogen-bond acceptors (Lipinski definition) is 4. The molecule has 20 heavy (non-hydrogen) atoms. The number of aromatic nitrogens is 1. The van der Waals surface area contributed by atoms with Crippen LogP contribution >= 0.6 is 0 Å². The summed E-state index contributed by atoms with van der Waals surface area (Å²) in [4.78, 5) is 18.5. The molecule has 3 heterocycles. The summed E-state index contributed by atoms with van der Waals surface area (Å²) < 4.78 is 11.3. The monoisotopic (exact) mass is 276 g/mol. The minimum Gasteiger partial charge on any atom is -0.379 e. The Hall–Kier alpha value is -1.46. The molecule has 2 fully saturated rings. The maximum atomic E-state index is 12.4. The van der Waals surface area contributed by atoms with E-state index in [-0.39, 0.29) is 17.6 Å². The Morgan fingerprint density at radius 1 is 1.55 bits per heavy atom. The van der Waals surface area contributed by atoms with E-state index in [4.69, 9.17) is 9.47 Å². The minimum absolute atomic E-state index is 0.0406. The second kappa shape index (κ2) is 5.14. The average molecular weight is 276 g/mol. The number of amides is 1. The van der Waals surface area contributed by atoms with Crippen LogP contribution in [0.2, 0.25) is 0 Å².